The van der Waals surface area contributed by atoms with Gasteiger partial charge in [-0.25, -0.2) is 0 Å². The standard InChI is InChI=1S/C12H17IN4O2Se/c1-5-16(6-2)9-7-8(13)12(17(18)19)11-10(9)14-20(3,4)15-11/h7H,5-6H2,1-4H3. The molecule has 0 radical (unpaired) electrons. The third kappa shape index (κ3) is 2.68. The van der Waals surface area contributed by atoms with Gasteiger partial charge in [-0.05, 0) is 0 Å². The summed E-state index contributed by atoms with van der Waals surface area (Å²) < 4.78 is 9.95. The molecule has 0 atom stereocenters. The number of nitrogens with zero attached hydrogens (tertiary/aromatic N) is 4. The van der Waals surface area contributed by atoms with Crippen LogP contribution in [0.5, 0.6) is 0 Å². The van der Waals surface area contributed by atoms with Crippen molar-refractivity contribution in [2.45, 2.75) is 25.5 Å². The number of hydrogen-bond acceptors (Lipinski definition) is 5. The monoisotopic (exact) mass is 456 g/mol. The van der Waals surface area contributed by atoms with Crippen LogP contribution in [0.3, 0.4) is 0 Å². The van der Waals surface area contributed by atoms with Gasteiger partial charge in [-0.2, -0.15) is 0 Å². The summed E-state index contributed by atoms with van der Waals surface area (Å²) >= 11 is -0.299. The second-order valence-electron chi connectivity index (χ2n) is 4.76. The van der Waals surface area contributed by atoms with Gasteiger partial charge in [0.25, 0.3) is 0 Å². The minimum absolute atomic E-state index is 0.100. The fourth-order valence-electron chi connectivity index (χ4n) is 2.23. The number of halogens is 1. The Balaban J connectivity index is 2.87. The maximum atomic E-state index is 11.3. The molecule has 1 aromatic carbocycles. The van der Waals surface area contributed by atoms with Crippen molar-refractivity contribution in [3.63, 3.8) is 0 Å². The normalized spacial score (nSPS) is 16.9. The van der Waals surface area contributed by atoms with Crippen molar-refractivity contribution in [1.29, 1.82) is 0 Å². The zero-order valence-corrected chi connectivity index (χ0v) is 15.8. The summed E-state index contributed by atoms with van der Waals surface area (Å²) in [4.78, 5) is 13.1. The van der Waals surface area contributed by atoms with Gasteiger partial charge in [-0.3, -0.25) is 0 Å². The third-order valence-corrected chi connectivity index (χ3v) is 6.56. The van der Waals surface area contributed by atoms with E-state index in [-0.39, 0.29) is 10.6 Å². The number of rotatable bonds is 4. The van der Waals surface area contributed by atoms with Gasteiger partial charge in [0, 0.05) is 0 Å². The SMILES string of the molecule is CCN(CC)c1cc(I)c([N+](=O)[O-])c2c1=N[Se](C)(C)N=2. The van der Waals surface area contributed by atoms with Gasteiger partial charge < -0.3 is 0 Å². The predicted octanol–water partition coefficient (Wildman–Crippen LogP) is 2.00. The Bertz CT molecular complexity index is 686. The van der Waals surface area contributed by atoms with E-state index in [1.165, 1.54) is 0 Å². The van der Waals surface area contributed by atoms with E-state index in [1.807, 2.05) is 40.3 Å². The van der Waals surface area contributed by atoms with Crippen LogP contribution in [-0.4, -0.2) is 31.3 Å². The van der Waals surface area contributed by atoms with Crippen LogP contribution >= 0.6 is 22.6 Å². The first-order valence-corrected chi connectivity index (χ1v) is 12.3. The van der Waals surface area contributed by atoms with Crippen molar-refractivity contribution >= 4 is 47.2 Å². The predicted molar refractivity (Wildman–Crippen MR) is 89.2 cm³/mol. The molecular weight excluding hydrogens is 438 g/mol. The van der Waals surface area contributed by atoms with Crippen LogP contribution in [0.4, 0.5) is 11.4 Å². The molecule has 1 aliphatic heterocycles. The minimum atomic E-state index is -2.32. The molecule has 0 N–H and O–H groups in total. The molecule has 1 aromatic rings. The first-order chi connectivity index (χ1) is 9.30. The van der Waals surface area contributed by atoms with Gasteiger partial charge in [-0.1, -0.05) is 0 Å². The molecule has 2 rings (SSSR count). The van der Waals surface area contributed by atoms with E-state index in [0.717, 1.165) is 18.8 Å². The molecule has 8 heteroatoms. The number of fused-ring (bicyclic) bond motifs is 1. The van der Waals surface area contributed by atoms with Crippen LogP contribution in [0, 0.1) is 13.7 Å². The molecular formula is C12H17IN4O2Se. The van der Waals surface area contributed by atoms with E-state index in [9.17, 15) is 10.1 Å². The molecule has 0 aromatic heterocycles. The summed E-state index contributed by atoms with van der Waals surface area (Å²) in [7, 11) is 0. The Labute approximate surface area is 133 Å². The van der Waals surface area contributed by atoms with Gasteiger partial charge in [0.05, 0.1) is 0 Å². The quantitative estimate of drug-likeness (QED) is 0.302. The van der Waals surface area contributed by atoms with Crippen LogP contribution in [-0.2, 0) is 0 Å². The second kappa shape index (κ2) is 5.57. The van der Waals surface area contributed by atoms with Gasteiger partial charge >= 0.3 is 134 Å². The van der Waals surface area contributed by atoms with Gasteiger partial charge in [0.2, 0.25) is 0 Å². The van der Waals surface area contributed by atoms with Gasteiger partial charge in [-0.15, -0.1) is 0 Å². The summed E-state index contributed by atoms with van der Waals surface area (Å²) in [6, 6.07) is 1.86. The van der Waals surface area contributed by atoms with E-state index < -0.39 is 13.3 Å². The van der Waals surface area contributed by atoms with E-state index in [1.54, 1.807) is 0 Å². The van der Waals surface area contributed by atoms with Crippen LogP contribution in [0.25, 0.3) is 0 Å². The number of nitro groups is 1. The Kier molecular flexibility index (Phi) is 4.36. The molecule has 0 bridgehead atoms. The van der Waals surface area contributed by atoms with Gasteiger partial charge in [0.1, 0.15) is 0 Å². The van der Waals surface area contributed by atoms with E-state index >= 15 is 0 Å². The maximum absolute atomic E-state index is 11.3. The van der Waals surface area contributed by atoms with E-state index in [2.05, 4.69) is 22.8 Å². The van der Waals surface area contributed by atoms with Crippen molar-refractivity contribution in [2.24, 2.45) is 8.02 Å². The number of benzene rings is 1. The zero-order valence-electron chi connectivity index (χ0n) is 11.9. The van der Waals surface area contributed by atoms with Crippen LogP contribution < -0.4 is 15.6 Å². The molecule has 0 unspecified atom stereocenters. The molecule has 20 heavy (non-hydrogen) atoms. The van der Waals surface area contributed by atoms with Crippen LogP contribution in [0.1, 0.15) is 13.8 Å². The number of hydrogen-bond donors (Lipinski definition) is 0. The topological polar surface area (TPSA) is 71.1 Å². The fourth-order valence-corrected chi connectivity index (χ4v) is 5.67. The first-order valence-electron chi connectivity index (χ1n) is 6.25. The summed E-state index contributed by atoms with van der Waals surface area (Å²) in [6.07, 6.45) is 0. The molecule has 0 spiro atoms. The van der Waals surface area contributed by atoms with E-state index in [0.29, 0.717) is 14.3 Å². The van der Waals surface area contributed by atoms with Gasteiger partial charge in [0.15, 0.2) is 0 Å². The van der Waals surface area contributed by atoms with Crippen molar-refractivity contribution < 1.29 is 4.92 Å². The molecule has 0 saturated heterocycles. The van der Waals surface area contributed by atoms with Crippen LogP contribution in [0.15, 0.2) is 14.1 Å². The summed E-state index contributed by atoms with van der Waals surface area (Å²) in [6.45, 7) is 5.83. The fraction of sp³-hybridized carbons (Fsp3) is 0.500. The average Bonchev–Trinajstić information content (AvgIpc) is 2.65. The Morgan fingerprint density at radius 1 is 1.30 bits per heavy atom. The molecule has 1 aliphatic rings. The average molecular weight is 455 g/mol. The van der Waals surface area contributed by atoms with E-state index in [4.69, 9.17) is 4.01 Å². The molecule has 0 aliphatic carbocycles. The third-order valence-electron chi connectivity index (χ3n) is 3.10. The van der Waals surface area contributed by atoms with Crippen molar-refractivity contribution in [3.05, 3.63) is 30.5 Å². The van der Waals surface area contributed by atoms with Crippen LogP contribution in [0.2, 0.25) is 11.6 Å². The first kappa shape index (κ1) is 15.7. The molecule has 1 heterocycles. The summed E-state index contributed by atoms with van der Waals surface area (Å²) in [5.41, 5.74) is 1.06. The zero-order chi connectivity index (χ0) is 15.1. The van der Waals surface area contributed by atoms with Crippen molar-refractivity contribution in [1.82, 2.24) is 0 Å². The molecule has 0 fully saturated rings. The van der Waals surface area contributed by atoms with Crippen molar-refractivity contribution in [3.8, 4) is 0 Å². The summed E-state index contributed by atoms with van der Waals surface area (Å²) in [5.74, 6) is 4.03. The molecule has 0 saturated carbocycles. The Hall–Kier alpha value is -0.731. The molecule has 110 valence electrons. The molecule has 0 amide bonds. The Morgan fingerprint density at radius 2 is 1.85 bits per heavy atom. The molecule has 6 nitrogen and oxygen atoms in total. The number of nitro benzene ring substituents is 1. The number of anilines is 1. The van der Waals surface area contributed by atoms with Crippen molar-refractivity contribution in [2.75, 3.05) is 18.0 Å². The second-order valence-corrected chi connectivity index (χ2v) is 11.8. The summed E-state index contributed by atoms with van der Waals surface area (Å²) in [5, 5.41) is 12.5. The Morgan fingerprint density at radius 3 is 2.35 bits per heavy atom.